The third-order valence-electron chi connectivity index (χ3n) is 3.86. The first-order valence-corrected chi connectivity index (χ1v) is 10.8. The van der Waals surface area contributed by atoms with Gasteiger partial charge >= 0.3 is 0 Å². The van der Waals surface area contributed by atoms with Crippen LogP contribution in [-0.4, -0.2) is 42.7 Å². The van der Waals surface area contributed by atoms with Gasteiger partial charge in [0.25, 0.3) is 0 Å². The van der Waals surface area contributed by atoms with E-state index < -0.39 is 30.6 Å². The minimum atomic E-state index is -3.85. The monoisotopic (exact) mass is 364 g/mol. The number of piperidine rings is 1. The lowest BCUT2D eigenvalue weighted by molar-refractivity contribution is 0.358. The van der Waals surface area contributed by atoms with Gasteiger partial charge in [0.15, 0.2) is 9.84 Å². The zero-order valence-electron chi connectivity index (χ0n) is 12.9. The summed E-state index contributed by atoms with van der Waals surface area (Å²) in [4.78, 5) is -0.783. The Kier molecular flexibility index (Phi) is 5.77. The van der Waals surface area contributed by atoms with Gasteiger partial charge in [-0.1, -0.05) is 0 Å². The van der Waals surface area contributed by atoms with Gasteiger partial charge in [-0.2, -0.15) is 0 Å². The topological polar surface area (TPSA) is 92.3 Å². The van der Waals surface area contributed by atoms with E-state index in [0.29, 0.717) is 12.3 Å². The van der Waals surface area contributed by atoms with Gasteiger partial charge in [0.2, 0.25) is 10.0 Å². The number of benzene rings is 1. The molecule has 2 N–H and O–H groups in total. The van der Waals surface area contributed by atoms with Crippen LogP contribution in [0.4, 0.5) is 4.39 Å². The molecule has 0 bridgehead atoms. The van der Waals surface area contributed by atoms with Crippen molar-refractivity contribution in [2.45, 2.75) is 29.1 Å². The van der Waals surface area contributed by atoms with Crippen LogP contribution >= 0.6 is 0 Å². The van der Waals surface area contributed by atoms with Crippen molar-refractivity contribution >= 4 is 19.9 Å². The Morgan fingerprint density at radius 3 is 2.61 bits per heavy atom. The highest BCUT2D eigenvalue weighted by Gasteiger charge is 2.20. The second kappa shape index (κ2) is 7.25. The highest BCUT2D eigenvalue weighted by atomic mass is 32.2. The molecule has 130 valence electrons. The van der Waals surface area contributed by atoms with Crippen LogP contribution in [0, 0.1) is 11.7 Å². The quantitative estimate of drug-likeness (QED) is 0.782. The summed E-state index contributed by atoms with van der Waals surface area (Å²) in [5.41, 5.74) is 0. The van der Waals surface area contributed by atoms with Crippen LogP contribution in [0.1, 0.15) is 19.3 Å². The summed E-state index contributed by atoms with van der Waals surface area (Å²) in [5.74, 6) is -0.636. The molecule has 0 spiro atoms. The molecule has 1 unspecified atom stereocenters. The van der Waals surface area contributed by atoms with Crippen molar-refractivity contribution in [1.82, 2.24) is 10.0 Å². The molecule has 1 heterocycles. The van der Waals surface area contributed by atoms with Crippen LogP contribution in [0.15, 0.2) is 28.0 Å². The van der Waals surface area contributed by atoms with E-state index in [4.69, 9.17) is 0 Å². The summed E-state index contributed by atoms with van der Waals surface area (Å²) in [6, 6.07) is 2.81. The van der Waals surface area contributed by atoms with Crippen LogP contribution in [0.25, 0.3) is 0 Å². The summed E-state index contributed by atoms with van der Waals surface area (Å²) >= 11 is 0. The smallest absolute Gasteiger partial charge is 0.240 e. The summed E-state index contributed by atoms with van der Waals surface area (Å²) in [5, 5.41) is 3.26. The predicted molar refractivity (Wildman–Crippen MR) is 84.9 cm³/mol. The van der Waals surface area contributed by atoms with E-state index in [2.05, 4.69) is 10.0 Å². The lowest BCUT2D eigenvalue weighted by atomic mass is 9.96. The summed E-state index contributed by atoms with van der Waals surface area (Å²) in [6.45, 7) is 2.14. The van der Waals surface area contributed by atoms with Gasteiger partial charge < -0.3 is 5.32 Å². The number of sulfone groups is 1. The molecule has 1 aromatic carbocycles. The summed E-state index contributed by atoms with van der Waals surface area (Å²) in [6.07, 6.45) is 3.72. The summed E-state index contributed by atoms with van der Waals surface area (Å²) in [7, 11) is -7.58. The van der Waals surface area contributed by atoms with Gasteiger partial charge in [0, 0.05) is 12.8 Å². The van der Waals surface area contributed by atoms with Gasteiger partial charge in [-0.15, -0.1) is 0 Å². The fraction of sp³-hybridized carbons (Fsp3) is 0.571. The van der Waals surface area contributed by atoms with E-state index >= 15 is 0 Å². The fourth-order valence-electron chi connectivity index (χ4n) is 2.60. The molecule has 0 aromatic heterocycles. The van der Waals surface area contributed by atoms with Crippen LogP contribution < -0.4 is 10.0 Å². The number of sulfonamides is 1. The number of halogens is 1. The Hall–Kier alpha value is -1.03. The molecule has 1 saturated heterocycles. The lowest BCUT2D eigenvalue weighted by Crippen LogP contribution is -2.33. The predicted octanol–water partition coefficient (Wildman–Crippen LogP) is 0.897. The highest BCUT2D eigenvalue weighted by Crippen LogP contribution is 2.19. The highest BCUT2D eigenvalue weighted by molar-refractivity contribution is 7.90. The molecule has 1 atom stereocenters. The Morgan fingerprint density at radius 1 is 1.30 bits per heavy atom. The zero-order chi connectivity index (χ0) is 17.1. The molecule has 0 aliphatic carbocycles. The Morgan fingerprint density at radius 2 is 2.04 bits per heavy atom. The molecule has 0 saturated carbocycles. The number of rotatable bonds is 6. The normalized spacial score (nSPS) is 19.7. The molecular formula is C14H21FN2O4S2. The Bertz CT molecular complexity index is 757. The molecular weight excluding hydrogens is 343 g/mol. The third kappa shape index (κ3) is 4.97. The van der Waals surface area contributed by atoms with Crippen molar-refractivity contribution in [3.05, 3.63) is 24.0 Å². The Balaban J connectivity index is 2.03. The number of hydrogen-bond donors (Lipinski definition) is 2. The molecule has 6 nitrogen and oxygen atoms in total. The SMILES string of the molecule is CS(=O)(=O)c1ccc(S(=O)(=O)NCCC2CCCNC2)cc1F. The second-order valence-electron chi connectivity index (χ2n) is 5.76. The standard InChI is InChI=1S/C14H21FN2O4S2/c1-22(18,19)14-5-4-12(9-13(14)15)23(20,21)17-8-6-11-3-2-7-16-10-11/h4-5,9,11,16-17H,2-3,6-8,10H2,1H3. The first-order chi connectivity index (χ1) is 10.7. The zero-order valence-corrected chi connectivity index (χ0v) is 14.5. The second-order valence-corrected chi connectivity index (χ2v) is 9.51. The molecule has 1 fully saturated rings. The van der Waals surface area contributed by atoms with Gasteiger partial charge in [-0.3, -0.25) is 0 Å². The van der Waals surface area contributed by atoms with Gasteiger partial charge in [-0.05, 0) is 56.5 Å². The maximum Gasteiger partial charge on any atom is 0.240 e. The molecule has 1 aromatic rings. The number of hydrogen-bond acceptors (Lipinski definition) is 5. The molecule has 23 heavy (non-hydrogen) atoms. The molecule has 2 rings (SSSR count). The van der Waals surface area contributed by atoms with Crippen molar-refractivity contribution < 1.29 is 21.2 Å². The van der Waals surface area contributed by atoms with Crippen LogP contribution in [0.2, 0.25) is 0 Å². The maximum absolute atomic E-state index is 13.8. The molecule has 0 amide bonds. The van der Waals surface area contributed by atoms with E-state index in [9.17, 15) is 21.2 Å². The fourth-order valence-corrected chi connectivity index (χ4v) is 4.39. The molecule has 0 radical (unpaired) electrons. The Labute approximate surface area is 136 Å². The van der Waals surface area contributed by atoms with Crippen molar-refractivity contribution in [2.75, 3.05) is 25.9 Å². The van der Waals surface area contributed by atoms with Crippen molar-refractivity contribution in [3.8, 4) is 0 Å². The average molecular weight is 364 g/mol. The van der Waals surface area contributed by atoms with Crippen LogP contribution in [-0.2, 0) is 19.9 Å². The van der Waals surface area contributed by atoms with E-state index in [1.807, 2.05) is 0 Å². The molecule has 1 aliphatic heterocycles. The van der Waals surface area contributed by atoms with Crippen molar-refractivity contribution in [3.63, 3.8) is 0 Å². The van der Waals surface area contributed by atoms with Crippen LogP contribution in [0.5, 0.6) is 0 Å². The molecule has 9 heteroatoms. The lowest BCUT2D eigenvalue weighted by Gasteiger charge is -2.22. The minimum absolute atomic E-state index is 0.268. The van der Waals surface area contributed by atoms with E-state index in [1.165, 1.54) is 0 Å². The average Bonchev–Trinajstić information content (AvgIpc) is 2.46. The first kappa shape index (κ1) is 18.3. The third-order valence-corrected chi connectivity index (χ3v) is 6.45. The maximum atomic E-state index is 13.8. The van der Waals surface area contributed by atoms with Crippen molar-refractivity contribution in [1.29, 1.82) is 0 Å². The van der Waals surface area contributed by atoms with Crippen molar-refractivity contribution in [2.24, 2.45) is 5.92 Å². The first-order valence-electron chi connectivity index (χ1n) is 7.40. The van der Waals surface area contributed by atoms with Gasteiger partial charge in [-0.25, -0.2) is 25.9 Å². The number of nitrogens with one attached hydrogen (secondary N) is 2. The van der Waals surface area contributed by atoms with Gasteiger partial charge in [0.05, 0.1) is 4.90 Å². The largest absolute Gasteiger partial charge is 0.316 e. The molecule has 1 aliphatic rings. The van der Waals surface area contributed by atoms with E-state index in [0.717, 1.165) is 50.4 Å². The summed E-state index contributed by atoms with van der Waals surface area (Å²) < 4.78 is 63.2. The van der Waals surface area contributed by atoms with Crippen LogP contribution in [0.3, 0.4) is 0 Å². The van der Waals surface area contributed by atoms with E-state index in [1.54, 1.807) is 0 Å². The van der Waals surface area contributed by atoms with E-state index in [-0.39, 0.29) is 11.4 Å². The minimum Gasteiger partial charge on any atom is -0.316 e. The van der Waals surface area contributed by atoms with Gasteiger partial charge in [0.1, 0.15) is 10.7 Å².